The van der Waals surface area contributed by atoms with Gasteiger partial charge in [-0.3, -0.25) is 4.98 Å². The molecule has 0 amide bonds. The highest BCUT2D eigenvalue weighted by Gasteiger charge is 2.40. The third kappa shape index (κ3) is 1.67. The molecule has 1 aromatic heterocycles. The van der Waals surface area contributed by atoms with Gasteiger partial charge in [-0.05, 0) is 43.2 Å². The van der Waals surface area contributed by atoms with Crippen molar-refractivity contribution in [3.05, 3.63) is 30.1 Å². The summed E-state index contributed by atoms with van der Waals surface area (Å²) in [6, 6.07) is 6.29. The molecule has 0 bridgehead atoms. The minimum atomic E-state index is 0.672. The minimum Gasteiger partial charge on any atom is -0.316 e. The quantitative estimate of drug-likeness (QED) is 0.756. The predicted octanol–water partition coefficient (Wildman–Crippen LogP) is 2.33. The summed E-state index contributed by atoms with van der Waals surface area (Å²) in [6.07, 6.45) is 7.37. The molecule has 2 heterocycles. The summed E-state index contributed by atoms with van der Waals surface area (Å²) in [5, 5.41) is 3.41. The molecule has 1 saturated heterocycles. The molecular formula is C13H18N2. The molecule has 0 unspecified atom stereocenters. The Labute approximate surface area is 91.1 Å². The van der Waals surface area contributed by atoms with Crippen molar-refractivity contribution in [1.29, 1.82) is 0 Å². The van der Waals surface area contributed by atoms with Gasteiger partial charge in [0.2, 0.25) is 0 Å². The zero-order valence-corrected chi connectivity index (χ0v) is 9.08. The average molecular weight is 202 g/mol. The summed E-state index contributed by atoms with van der Waals surface area (Å²) >= 11 is 0. The normalized spacial score (nSPS) is 25.1. The second kappa shape index (κ2) is 3.60. The van der Waals surface area contributed by atoms with Gasteiger partial charge in [-0.2, -0.15) is 0 Å². The van der Waals surface area contributed by atoms with Crippen LogP contribution in [0.4, 0.5) is 0 Å². The predicted molar refractivity (Wildman–Crippen MR) is 60.7 cm³/mol. The number of pyridine rings is 1. The molecule has 0 atom stereocenters. The van der Waals surface area contributed by atoms with Crippen LogP contribution in [0.25, 0.3) is 0 Å². The Hall–Kier alpha value is -0.890. The van der Waals surface area contributed by atoms with Gasteiger partial charge in [0.15, 0.2) is 0 Å². The highest BCUT2D eigenvalue weighted by Crippen LogP contribution is 2.44. The lowest BCUT2D eigenvalue weighted by Crippen LogP contribution is -2.54. The summed E-state index contributed by atoms with van der Waals surface area (Å²) in [4.78, 5) is 4.48. The van der Waals surface area contributed by atoms with Crippen molar-refractivity contribution in [1.82, 2.24) is 10.3 Å². The van der Waals surface area contributed by atoms with Crippen molar-refractivity contribution in [2.45, 2.75) is 31.6 Å². The van der Waals surface area contributed by atoms with Gasteiger partial charge >= 0.3 is 0 Å². The van der Waals surface area contributed by atoms with Crippen LogP contribution in [0.1, 0.15) is 37.3 Å². The van der Waals surface area contributed by atoms with E-state index in [4.69, 9.17) is 0 Å². The topological polar surface area (TPSA) is 24.9 Å². The van der Waals surface area contributed by atoms with Crippen LogP contribution in [0.3, 0.4) is 0 Å². The van der Waals surface area contributed by atoms with Crippen LogP contribution >= 0.6 is 0 Å². The van der Waals surface area contributed by atoms with Crippen LogP contribution in [-0.4, -0.2) is 18.1 Å². The Bertz CT molecular complexity index is 320. The molecular weight excluding hydrogens is 184 g/mol. The summed E-state index contributed by atoms with van der Waals surface area (Å²) in [5.74, 6) is 0.720. The molecule has 1 aliphatic carbocycles. The molecule has 0 radical (unpaired) electrons. The highest BCUT2D eigenvalue weighted by molar-refractivity contribution is 5.12. The van der Waals surface area contributed by atoms with Crippen LogP contribution in [0.2, 0.25) is 0 Å². The zero-order chi connectivity index (χ0) is 10.1. The maximum Gasteiger partial charge on any atom is 0.0434 e. The standard InChI is InChI=1S/C13H18N2/c1-2-8-15-12(3-1)11-4-6-13(7-5-11)9-14-10-13/h1-3,8,11,14H,4-7,9-10H2. The SMILES string of the molecule is c1ccc(C2CCC3(CC2)CNC3)nc1. The Morgan fingerprint density at radius 2 is 2.00 bits per heavy atom. The number of hydrogen-bond acceptors (Lipinski definition) is 2. The molecule has 2 aliphatic rings. The molecule has 3 rings (SSSR count). The first-order valence-electron chi connectivity index (χ1n) is 6.00. The van der Waals surface area contributed by atoms with Crippen LogP contribution in [0.15, 0.2) is 24.4 Å². The van der Waals surface area contributed by atoms with Gasteiger partial charge in [-0.15, -0.1) is 0 Å². The van der Waals surface area contributed by atoms with Crippen molar-refractivity contribution in [3.8, 4) is 0 Å². The third-order valence-corrected chi connectivity index (χ3v) is 4.15. The number of hydrogen-bond donors (Lipinski definition) is 1. The fourth-order valence-electron chi connectivity index (χ4n) is 2.98. The maximum atomic E-state index is 4.48. The van der Waals surface area contributed by atoms with E-state index < -0.39 is 0 Å². The van der Waals surface area contributed by atoms with E-state index in [-0.39, 0.29) is 0 Å². The molecule has 2 heteroatoms. The first-order chi connectivity index (χ1) is 7.38. The van der Waals surface area contributed by atoms with Gasteiger partial charge in [0.25, 0.3) is 0 Å². The number of aromatic nitrogens is 1. The number of nitrogens with zero attached hydrogens (tertiary/aromatic N) is 1. The monoisotopic (exact) mass is 202 g/mol. The van der Waals surface area contributed by atoms with E-state index in [1.54, 1.807) is 0 Å². The zero-order valence-electron chi connectivity index (χ0n) is 9.08. The van der Waals surface area contributed by atoms with Gasteiger partial charge in [0.05, 0.1) is 0 Å². The molecule has 1 saturated carbocycles. The molecule has 1 aliphatic heterocycles. The van der Waals surface area contributed by atoms with Crippen molar-refractivity contribution < 1.29 is 0 Å². The fraction of sp³-hybridized carbons (Fsp3) is 0.615. The Balaban J connectivity index is 1.67. The maximum absolute atomic E-state index is 4.48. The highest BCUT2D eigenvalue weighted by atomic mass is 15.0. The smallest absolute Gasteiger partial charge is 0.0434 e. The summed E-state index contributed by atoms with van der Waals surface area (Å²) in [5.41, 5.74) is 1.98. The first-order valence-corrected chi connectivity index (χ1v) is 6.00. The molecule has 2 nitrogen and oxygen atoms in total. The second-order valence-electron chi connectivity index (χ2n) is 5.13. The molecule has 0 aromatic carbocycles. The lowest BCUT2D eigenvalue weighted by molar-refractivity contribution is 0.0968. The van der Waals surface area contributed by atoms with Gasteiger partial charge in [-0.25, -0.2) is 0 Å². The molecule has 1 N–H and O–H groups in total. The van der Waals surface area contributed by atoms with E-state index in [0.717, 1.165) is 5.92 Å². The fourth-order valence-corrected chi connectivity index (χ4v) is 2.98. The van der Waals surface area contributed by atoms with E-state index in [0.29, 0.717) is 5.41 Å². The van der Waals surface area contributed by atoms with E-state index >= 15 is 0 Å². The van der Waals surface area contributed by atoms with Crippen molar-refractivity contribution in [3.63, 3.8) is 0 Å². The summed E-state index contributed by atoms with van der Waals surface area (Å²) in [7, 11) is 0. The van der Waals surface area contributed by atoms with Gasteiger partial charge < -0.3 is 5.32 Å². The van der Waals surface area contributed by atoms with Gasteiger partial charge in [0.1, 0.15) is 0 Å². The second-order valence-corrected chi connectivity index (χ2v) is 5.13. The van der Waals surface area contributed by atoms with E-state index in [2.05, 4.69) is 22.4 Å². The third-order valence-electron chi connectivity index (χ3n) is 4.15. The van der Waals surface area contributed by atoms with Crippen LogP contribution in [0.5, 0.6) is 0 Å². The molecule has 80 valence electrons. The Morgan fingerprint density at radius 1 is 1.20 bits per heavy atom. The van der Waals surface area contributed by atoms with Gasteiger partial charge in [-0.1, -0.05) is 6.07 Å². The van der Waals surface area contributed by atoms with Gasteiger partial charge in [0, 0.05) is 30.9 Å². The first kappa shape index (κ1) is 9.34. The van der Waals surface area contributed by atoms with Crippen molar-refractivity contribution in [2.24, 2.45) is 5.41 Å². The van der Waals surface area contributed by atoms with E-state index in [1.807, 2.05) is 12.3 Å². The lowest BCUT2D eigenvalue weighted by atomic mass is 9.66. The van der Waals surface area contributed by atoms with Crippen molar-refractivity contribution in [2.75, 3.05) is 13.1 Å². The summed E-state index contributed by atoms with van der Waals surface area (Å²) in [6.45, 7) is 2.50. The molecule has 2 fully saturated rings. The molecule has 15 heavy (non-hydrogen) atoms. The van der Waals surface area contributed by atoms with E-state index in [1.165, 1.54) is 44.5 Å². The largest absolute Gasteiger partial charge is 0.316 e. The van der Waals surface area contributed by atoms with Crippen molar-refractivity contribution >= 4 is 0 Å². The molecule has 1 aromatic rings. The van der Waals surface area contributed by atoms with Crippen LogP contribution in [-0.2, 0) is 0 Å². The summed E-state index contributed by atoms with van der Waals surface area (Å²) < 4.78 is 0. The van der Waals surface area contributed by atoms with Crippen LogP contribution < -0.4 is 5.32 Å². The lowest BCUT2D eigenvalue weighted by Gasteiger charge is -2.47. The number of rotatable bonds is 1. The van der Waals surface area contributed by atoms with Crippen LogP contribution in [0, 0.1) is 5.41 Å². The Morgan fingerprint density at radius 3 is 2.53 bits per heavy atom. The average Bonchev–Trinajstić information content (AvgIpc) is 2.28. The number of nitrogens with one attached hydrogen (secondary N) is 1. The minimum absolute atomic E-state index is 0.672. The molecule has 1 spiro atoms. The van der Waals surface area contributed by atoms with E-state index in [9.17, 15) is 0 Å². The Kier molecular flexibility index (Phi) is 2.24.